The first-order chi connectivity index (χ1) is 10.2. The third-order valence-electron chi connectivity index (χ3n) is 3.45. The zero-order valence-corrected chi connectivity index (χ0v) is 12.7. The normalized spacial score (nSPS) is 10.2. The molecular weight excluding hydrogens is 264 g/mol. The number of carbonyl (C=O) groups excluding carboxylic acids is 1. The van der Waals surface area contributed by atoms with Gasteiger partial charge in [-0.2, -0.15) is 0 Å². The summed E-state index contributed by atoms with van der Waals surface area (Å²) in [6.45, 7) is 4.16. The molecule has 0 N–H and O–H groups in total. The molecule has 0 saturated carbocycles. The summed E-state index contributed by atoms with van der Waals surface area (Å²) in [6.07, 6.45) is 0.978. The molecule has 2 aromatic carbocycles. The predicted octanol–water partition coefficient (Wildman–Crippen LogP) is 4.04. The molecule has 21 heavy (non-hydrogen) atoms. The van der Waals surface area contributed by atoms with Crippen LogP contribution >= 0.6 is 0 Å². The summed E-state index contributed by atoms with van der Waals surface area (Å²) in [4.78, 5) is 11.5. The molecule has 2 aromatic rings. The third-order valence-corrected chi connectivity index (χ3v) is 3.45. The van der Waals surface area contributed by atoms with Crippen LogP contribution in [0.5, 0.6) is 11.5 Å². The lowest BCUT2D eigenvalue weighted by Crippen LogP contribution is -2.01. The lowest BCUT2D eigenvalue weighted by atomic mass is 10.1. The molecule has 0 spiro atoms. The number of ketones is 1. The summed E-state index contributed by atoms with van der Waals surface area (Å²) >= 11 is 0. The average molecular weight is 284 g/mol. The van der Waals surface area contributed by atoms with Gasteiger partial charge in [-0.25, -0.2) is 0 Å². The van der Waals surface area contributed by atoms with Gasteiger partial charge in [0.1, 0.15) is 18.1 Å². The molecule has 0 amide bonds. The van der Waals surface area contributed by atoms with E-state index in [4.69, 9.17) is 9.47 Å². The second kappa shape index (κ2) is 6.93. The zero-order valence-electron chi connectivity index (χ0n) is 12.7. The maximum absolute atomic E-state index is 11.5. The van der Waals surface area contributed by atoms with E-state index in [1.165, 1.54) is 18.1 Å². The second-order valence-electron chi connectivity index (χ2n) is 4.83. The molecule has 3 nitrogen and oxygen atoms in total. The van der Waals surface area contributed by atoms with Crippen LogP contribution < -0.4 is 9.47 Å². The van der Waals surface area contributed by atoms with E-state index in [0.29, 0.717) is 23.7 Å². The molecule has 0 aliphatic heterocycles. The van der Waals surface area contributed by atoms with E-state index in [9.17, 15) is 4.79 Å². The highest BCUT2D eigenvalue weighted by molar-refractivity contribution is 5.97. The third kappa shape index (κ3) is 3.63. The Kier molecular flexibility index (Phi) is 4.99. The Bertz CT molecular complexity index is 632. The van der Waals surface area contributed by atoms with E-state index in [1.807, 2.05) is 12.1 Å². The molecule has 0 saturated heterocycles. The molecule has 0 heterocycles. The molecule has 3 heteroatoms. The predicted molar refractivity (Wildman–Crippen MR) is 83.2 cm³/mol. The van der Waals surface area contributed by atoms with Crippen molar-refractivity contribution in [3.8, 4) is 11.5 Å². The summed E-state index contributed by atoms with van der Waals surface area (Å²) in [5.74, 6) is 1.22. The van der Waals surface area contributed by atoms with Gasteiger partial charge in [0.15, 0.2) is 5.78 Å². The lowest BCUT2D eigenvalue weighted by molar-refractivity contribution is 0.101. The van der Waals surface area contributed by atoms with Crippen molar-refractivity contribution < 1.29 is 14.3 Å². The zero-order chi connectivity index (χ0) is 15.2. The van der Waals surface area contributed by atoms with Gasteiger partial charge in [-0.1, -0.05) is 31.2 Å². The van der Waals surface area contributed by atoms with Gasteiger partial charge in [-0.3, -0.25) is 4.79 Å². The number of Topliss-reactive ketones (excluding diaryl/α,β-unsaturated/α-hetero) is 1. The van der Waals surface area contributed by atoms with Crippen LogP contribution in [0.2, 0.25) is 0 Å². The SMILES string of the molecule is CCc1ccccc1COc1ccc(C(C)=O)c(OC)c1. The molecule has 0 unspecified atom stereocenters. The number of hydrogen-bond donors (Lipinski definition) is 0. The maximum atomic E-state index is 11.5. The first-order valence-corrected chi connectivity index (χ1v) is 7.04. The molecule has 0 radical (unpaired) electrons. The molecule has 0 fully saturated rings. The van der Waals surface area contributed by atoms with E-state index < -0.39 is 0 Å². The van der Waals surface area contributed by atoms with Crippen molar-refractivity contribution in [3.63, 3.8) is 0 Å². The van der Waals surface area contributed by atoms with Gasteiger partial charge in [0.2, 0.25) is 0 Å². The van der Waals surface area contributed by atoms with Crippen LogP contribution in [0.25, 0.3) is 0 Å². The molecule has 2 rings (SSSR count). The van der Waals surface area contributed by atoms with E-state index in [1.54, 1.807) is 25.3 Å². The van der Waals surface area contributed by atoms with Crippen molar-refractivity contribution >= 4 is 5.78 Å². The fourth-order valence-corrected chi connectivity index (χ4v) is 2.26. The lowest BCUT2D eigenvalue weighted by Gasteiger charge is -2.12. The molecule has 0 aromatic heterocycles. The highest BCUT2D eigenvalue weighted by Crippen LogP contribution is 2.26. The quantitative estimate of drug-likeness (QED) is 0.751. The van der Waals surface area contributed by atoms with Crippen LogP contribution in [0.4, 0.5) is 0 Å². The van der Waals surface area contributed by atoms with Crippen molar-refractivity contribution in [1.29, 1.82) is 0 Å². The molecule has 0 atom stereocenters. The van der Waals surface area contributed by atoms with Crippen molar-refractivity contribution in [2.24, 2.45) is 0 Å². The minimum Gasteiger partial charge on any atom is -0.496 e. The van der Waals surface area contributed by atoms with E-state index in [0.717, 1.165) is 6.42 Å². The maximum Gasteiger partial charge on any atom is 0.163 e. The van der Waals surface area contributed by atoms with Crippen LogP contribution in [0.1, 0.15) is 35.3 Å². The Morgan fingerprint density at radius 1 is 1.10 bits per heavy atom. The van der Waals surface area contributed by atoms with Crippen LogP contribution in [-0.4, -0.2) is 12.9 Å². The Hall–Kier alpha value is -2.29. The van der Waals surface area contributed by atoms with E-state index in [2.05, 4.69) is 19.1 Å². The highest BCUT2D eigenvalue weighted by Gasteiger charge is 2.09. The second-order valence-corrected chi connectivity index (χ2v) is 4.83. The number of aryl methyl sites for hydroxylation is 1. The first kappa shape index (κ1) is 15.1. The summed E-state index contributed by atoms with van der Waals surface area (Å²) < 4.78 is 11.1. The smallest absolute Gasteiger partial charge is 0.163 e. The monoisotopic (exact) mass is 284 g/mol. The van der Waals surface area contributed by atoms with E-state index in [-0.39, 0.29) is 5.78 Å². The minimum absolute atomic E-state index is 0.0188. The molecule has 0 aliphatic rings. The van der Waals surface area contributed by atoms with Crippen LogP contribution in [0, 0.1) is 0 Å². The van der Waals surface area contributed by atoms with Crippen LogP contribution in [-0.2, 0) is 13.0 Å². The minimum atomic E-state index is -0.0188. The largest absolute Gasteiger partial charge is 0.496 e. The topological polar surface area (TPSA) is 35.5 Å². The molecule has 0 bridgehead atoms. The standard InChI is InChI=1S/C18H20O3/c1-4-14-7-5-6-8-15(14)12-21-16-9-10-17(13(2)19)18(11-16)20-3/h5-11H,4,12H2,1-3H3. The molecule has 110 valence electrons. The highest BCUT2D eigenvalue weighted by atomic mass is 16.5. The number of hydrogen-bond acceptors (Lipinski definition) is 3. The van der Waals surface area contributed by atoms with Gasteiger partial charge in [-0.05, 0) is 36.6 Å². The van der Waals surface area contributed by atoms with Crippen molar-refractivity contribution in [1.82, 2.24) is 0 Å². The van der Waals surface area contributed by atoms with Crippen molar-refractivity contribution in [3.05, 3.63) is 59.2 Å². The van der Waals surface area contributed by atoms with Gasteiger partial charge in [-0.15, -0.1) is 0 Å². The van der Waals surface area contributed by atoms with Crippen LogP contribution in [0.15, 0.2) is 42.5 Å². The number of carbonyl (C=O) groups is 1. The Morgan fingerprint density at radius 2 is 1.81 bits per heavy atom. The van der Waals surface area contributed by atoms with Gasteiger partial charge in [0, 0.05) is 6.07 Å². The van der Waals surface area contributed by atoms with Gasteiger partial charge >= 0.3 is 0 Å². The first-order valence-electron chi connectivity index (χ1n) is 7.04. The Labute approximate surface area is 125 Å². The van der Waals surface area contributed by atoms with Gasteiger partial charge in [0.05, 0.1) is 12.7 Å². The Balaban J connectivity index is 2.15. The summed E-state index contributed by atoms with van der Waals surface area (Å²) in [5, 5.41) is 0. The number of methoxy groups -OCH3 is 1. The van der Waals surface area contributed by atoms with Gasteiger partial charge in [0.25, 0.3) is 0 Å². The molecule has 0 aliphatic carbocycles. The number of benzene rings is 2. The summed E-state index contributed by atoms with van der Waals surface area (Å²) in [5.41, 5.74) is 3.03. The van der Waals surface area contributed by atoms with E-state index >= 15 is 0 Å². The Morgan fingerprint density at radius 3 is 2.43 bits per heavy atom. The summed E-state index contributed by atoms with van der Waals surface area (Å²) in [7, 11) is 1.55. The summed E-state index contributed by atoms with van der Waals surface area (Å²) in [6, 6.07) is 13.5. The van der Waals surface area contributed by atoms with Crippen LogP contribution in [0.3, 0.4) is 0 Å². The van der Waals surface area contributed by atoms with Crippen molar-refractivity contribution in [2.75, 3.05) is 7.11 Å². The number of rotatable bonds is 6. The average Bonchev–Trinajstić information content (AvgIpc) is 2.52. The molecular formula is C18H20O3. The number of ether oxygens (including phenoxy) is 2. The van der Waals surface area contributed by atoms with Gasteiger partial charge < -0.3 is 9.47 Å². The fraction of sp³-hybridized carbons (Fsp3) is 0.278. The fourth-order valence-electron chi connectivity index (χ4n) is 2.26. The van der Waals surface area contributed by atoms with Crippen molar-refractivity contribution in [2.45, 2.75) is 26.9 Å².